The van der Waals surface area contributed by atoms with Crippen molar-refractivity contribution in [3.63, 3.8) is 0 Å². The van der Waals surface area contributed by atoms with Gasteiger partial charge in [-0.05, 0) is 214 Å². The molecule has 0 aliphatic carbocycles. The largest absolute Gasteiger partial charge is 0.507 e. The number of aromatic carboxylic acids is 1. The number of carboxylic acid groups (broad SMARTS) is 1. The Hall–Kier alpha value is -13.2. The summed E-state index contributed by atoms with van der Waals surface area (Å²) in [6.45, 7) is 29.0. The predicted molar refractivity (Wildman–Crippen MR) is 551 cm³/mol. The van der Waals surface area contributed by atoms with E-state index in [1.54, 1.807) is 39.8 Å². The van der Waals surface area contributed by atoms with Crippen molar-refractivity contribution in [2.24, 2.45) is 21.1 Å². The van der Waals surface area contributed by atoms with Crippen LogP contribution in [-0.4, -0.2) is 103 Å². The molecule has 1 aliphatic rings. The van der Waals surface area contributed by atoms with Crippen molar-refractivity contribution >= 4 is 41.1 Å². The van der Waals surface area contributed by atoms with E-state index in [2.05, 4.69) is 170 Å². The quantitative estimate of drug-likeness (QED) is 0.0205. The van der Waals surface area contributed by atoms with Crippen LogP contribution in [0.3, 0.4) is 0 Å². The lowest BCUT2D eigenvalue weighted by molar-refractivity contribution is 0.00578. The predicted octanol–water partition coefficient (Wildman–Crippen LogP) is 25.8. The Morgan fingerprint density at radius 1 is 0.380 bits per heavy atom. The molecule has 718 valence electrons. The molecule has 3 aromatic heterocycles. The first-order chi connectivity index (χ1) is 66.4. The third-order valence-corrected chi connectivity index (χ3v) is 24.1. The number of hydrogen-bond donors (Lipinski definition) is 2. The summed E-state index contributed by atoms with van der Waals surface area (Å²) in [5.74, 6) is 9.59. The first-order valence-electron chi connectivity index (χ1n) is 47.5. The number of benzene rings is 11. The summed E-state index contributed by atoms with van der Waals surface area (Å²) in [4.78, 5) is 11.6. The van der Waals surface area contributed by atoms with Crippen LogP contribution < -0.4 is 57.6 Å². The van der Waals surface area contributed by atoms with Gasteiger partial charge in [-0.1, -0.05) is 194 Å². The molecule has 2 N–H and O–H groups in total. The van der Waals surface area contributed by atoms with E-state index in [1.165, 1.54) is 9.64 Å². The zero-order valence-corrected chi connectivity index (χ0v) is 83.9. The summed E-state index contributed by atoms with van der Waals surface area (Å²) in [5.41, 5.74) is 14.4. The summed E-state index contributed by atoms with van der Waals surface area (Å²) < 4.78 is 88.3. The van der Waals surface area contributed by atoms with Crippen LogP contribution in [0.2, 0.25) is 0 Å². The number of aromatic nitrogens is 6. The maximum Gasteiger partial charge on any atom is 0.498 e. The molecule has 0 spiro atoms. The smallest absolute Gasteiger partial charge is 0.498 e. The van der Waals surface area contributed by atoms with E-state index in [4.69, 9.17) is 61.4 Å². The minimum Gasteiger partial charge on any atom is -0.507 e. The van der Waals surface area contributed by atoms with Crippen molar-refractivity contribution in [1.82, 2.24) is 29.3 Å². The number of halogens is 1. The molecule has 0 bridgehead atoms. The lowest BCUT2D eigenvalue weighted by Crippen LogP contribution is -2.41. The summed E-state index contributed by atoms with van der Waals surface area (Å²) in [7, 11) is 5.13. The highest BCUT2D eigenvalue weighted by Crippen LogP contribution is 2.44. The van der Waals surface area contributed by atoms with Gasteiger partial charge in [-0.3, -0.25) is 14.0 Å². The molecule has 15 rings (SSSR count). The Labute approximate surface area is 821 Å². The van der Waals surface area contributed by atoms with Gasteiger partial charge in [-0.2, -0.15) is 15.3 Å². The van der Waals surface area contributed by atoms with Crippen molar-refractivity contribution in [3.8, 4) is 108 Å². The molecule has 22 nitrogen and oxygen atoms in total. The van der Waals surface area contributed by atoms with Crippen LogP contribution >= 0.6 is 22.6 Å². The number of aromatic hydroxyl groups is 1. The number of nitrogens with zero attached hydrogens (tertiary/aromatic N) is 6. The molecule has 0 saturated carbocycles. The van der Waals surface area contributed by atoms with Gasteiger partial charge in [0.15, 0.2) is 0 Å². The number of carboxylic acids is 1. The molecule has 0 radical (unpaired) electrons. The Balaban J connectivity index is 0.000000178. The zero-order valence-electron chi connectivity index (χ0n) is 81.7. The Morgan fingerprint density at radius 3 is 1.12 bits per heavy atom. The number of hydrogen-bond acceptors (Lipinski definition) is 18. The minimum atomic E-state index is -1.04. The lowest BCUT2D eigenvalue weighted by atomic mass is 9.77. The SMILES string of the molecule is CCCc1c(OCCCOc2cc(O)c(-c3cnn(C)c3)cc2CC)cccc1Oc1ccccc1C(=O)O.CCCc1c(OCCCOc2cc(OCc3ccccc3)c(-c3cnn(C)c3)cc2CC)cccc1Oc1ccccc1C.CCCc1c(OCCCOc2cc(OCc3ccccc3)c(B3OC(C)(C)C(C)(C)O3)cc2CC)cccc1Oc1ccccc1C.Cn1cc(I)cn1. The normalized spacial score (nSPS) is 12.2. The summed E-state index contributed by atoms with van der Waals surface area (Å²) in [6.07, 6.45) is 21.1. The molecule has 14 aromatic rings. The van der Waals surface area contributed by atoms with Crippen molar-refractivity contribution < 1.29 is 76.4 Å². The maximum atomic E-state index is 11.6. The van der Waals surface area contributed by atoms with Crippen LogP contribution in [0, 0.1) is 17.4 Å². The first-order valence-corrected chi connectivity index (χ1v) is 48.5. The van der Waals surface area contributed by atoms with Crippen LogP contribution in [-0.2, 0) is 82.2 Å². The molecule has 0 amide bonds. The molecular formula is C113H130BIN6O16. The van der Waals surface area contributed by atoms with Gasteiger partial charge in [0.25, 0.3) is 0 Å². The van der Waals surface area contributed by atoms with Crippen LogP contribution in [0.25, 0.3) is 22.3 Å². The number of para-hydroxylation sites is 3. The van der Waals surface area contributed by atoms with E-state index in [0.717, 1.165) is 206 Å². The molecule has 1 fully saturated rings. The molecule has 0 unspecified atom stereocenters. The third-order valence-electron chi connectivity index (χ3n) is 23.5. The second-order valence-corrected chi connectivity index (χ2v) is 35.8. The fourth-order valence-electron chi connectivity index (χ4n) is 15.4. The average molecular weight is 1970 g/mol. The van der Waals surface area contributed by atoms with E-state index in [9.17, 15) is 15.0 Å². The number of phenolic OH excluding ortho intramolecular Hbond substituents is 1. The standard InChI is InChI=1S/C40H49BO6.C38H42N2O4.C31H34N2O6.C4H5IN2/c1-8-17-32-35(22-15-23-36(32)45-34-21-14-13-18-29(34)3)42-24-16-25-43-37-27-38(44-28-30-19-11-10-12-20-30)33(26-31(37)9-2)41-46-39(4,5)40(6,7)47-41;1-5-14-32-35(19-12-20-36(32)44-34-18-11-10-15-28(34)3)41-21-13-22-42-37-24-38(43-27-29-16-8-7-9-17-29)33(23-30(37)6-2)31-25-39-40(4)26-31;1-4-10-23-27(13-8-14-28(23)39-29-12-7-6-11-24(29)31(35)36)37-15-9-16-38-30-18-26(34)25(17-21(30)5-2)22-19-32-33(3)20-22;1-7-3-4(5)2-6-7/h10-15,18-23,26-27H,8-9,16-17,24-25,28H2,1-7H3;7-12,15-20,23-26H,5-6,13-14,21-22,27H2,1-4H3;6-8,11-14,17-20,34H,4-5,9-10,15-16H2,1-3H3,(H,35,36);2-3H,1H3. The highest BCUT2D eigenvalue weighted by atomic mass is 127. The molecule has 137 heavy (non-hydrogen) atoms. The number of ether oxygens (including phenoxy) is 11. The fourth-order valence-corrected chi connectivity index (χ4v) is 16.0. The van der Waals surface area contributed by atoms with Crippen LogP contribution in [0.15, 0.2) is 262 Å². The van der Waals surface area contributed by atoms with Gasteiger partial charge in [0.2, 0.25) is 0 Å². The second-order valence-electron chi connectivity index (χ2n) is 34.5. The Morgan fingerprint density at radius 2 is 0.730 bits per heavy atom. The Bertz CT molecular complexity index is 6160. The van der Waals surface area contributed by atoms with E-state index in [1.807, 2.05) is 202 Å². The van der Waals surface area contributed by atoms with Crippen LogP contribution in [0.5, 0.6) is 86.2 Å². The molecule has 0 atom stereocenters. The van der Waals surface area contributed by atoms with E-state index < -0.39 is 24.3 Å². The van der Waals surface area contributed by atoms with Gasteiger partial charge in [0.1, 0.15) is 105 Å². The Kier molecular flexibility index (Phi) is 38.4. The van der Waals surface area contributed by atoms with Crippen molar-refractivity contribution in [1.29, 1.82) is 0 Å². The second kappa shape index (κ2) is 51.1. The average Bonchev–Trinajstić information content (AvgIpc) is 1.61. The number of rotatable bonds is 43. The van der Waals surface area contributed by atoms with Crippen LogP contribution in [0.4, 0.5) is 0 Å². The lowest BCUT2D eigenvalue weighted by Gasteiger charge is -2.32. The van der Waals surface area contributed by atoms with Crippen LogP contribution in [0.1, 0.15) is 174 Å². The van der Waals surface area contributed by atoms with Gasteiger partial charge in [0.05, 0.1) is 73.0 Å². The highest BCUT2D eigenvalue weighted by molar-refractivity contribution is 14.1. The van der Waals surface area contributed by atoms with Gasteiger partial charge >= 0.3 is 13.1 Å². The summed E-state index contributed by atoms with van der Waals surface area (Å²) in [6, 6.07) is 72.6. The highest BCUT2D eigenvalue weighted by Gasteiger charge is 2.53. The number of phenols is 1. The van der Waals surface area contributed by atoms with Gasteiger partial charge in [-0.15, -0.1) is 0 Å². The minimum absolute atomic E-state index is 0.106. The van der Waals surface area contributed by atoms with Gasteiger partial charge in [-0.25, -0.2) is 4.79 Å². The zero-order chi connectivity index (χ0) is 97.2. The first kappa shape index (κ1) is 103. The van der Waals surface area contributed by atoms with Crippen molar-refractivity contribution in [3.05, 3.63) is 326 Å². The van der Waals surface area contributed by atoms with Crippen molar-refractivity contribution in [2.45, 2.75) is 185 Å². The molecule has 4 heterocycles. The number of carbonyl (C=O) groups is 1. The van der Waals surface area contributed by atoms with E-state index in [-0.39, 0.29) is 17.1 Å². The topological polar surface area (TPSA) is 231 Å². The van der Waals surface area contributed by atoms with Gasteiger partial charge in [0, 0.05) is 122 Å². The maximum absolute atomic E-state index is 11.6. The van der Waals surface area contributed by atoms with Crippen molar-refractivity contribution in [2.75, 3.05) is 39.6 Å². The number of aryl methyl sites for hydroxylation is 8. The monoisotopic (exact) mass is 1960 g/mol. The molecular weight excluding hydrogens is 1830 g/mol. The molecule has 24 heteroatoms. The summed E-state index contributed by atoms with van der Waals surface area (Å²) >= 11 is 2.22. The van der Waals surface area contributed by atoms with E-state index >= 15 is 0 Å². The molecule has 1 aliphatic heterocycles. The summed E-state index contributed by atoms with van der Waals surface area (Å²) in [5, 5.41) is 32.6. The third kappa shape index (κ3) is 29.0. The van der Waals surface area contributed by atoms with E-state index in [0.29, 0.717) is 82.3 Å². The molecule has 11 aromatic carbocycles. The molecule has 1 saturated heterocycles. The fraction of sp³-hybridized carbons (Fsp3) is 0.327. The van der Waals surface area contributed by atoms with Gasteiger partial charge < -0.3 is 71.6 Å².